The summed E-state index contributed by atoms with van der Waals surface area (Å²) in [5.74, 6) is 6.60. The van der Waals surface area contributed by atoms with Gasteiger partial charge in [-0.25, -0.2) is 0 Å². The van der Waals surface area contributed by atoms with Gasteiger partial charge in [0.05, 0.1) is 6.20 Å². The van der Waals surface area contributed by atoms with Crippen LogP contribution in [0, 0.1) is 0 Å². The lowest BCUT2D eigenvalue weighted by molar-refractivity contribution is 0.541. The Bertz CT molecular complexity index is 261. The van der Waals surface area contributed by atoms with E-state index in [0.29, 0.717) is 0 Å². The van der Waals surface area contributed by atoms with Gasteiger partial charge in [-0.3, -0.25) is 16.0 Å². The first kappa shape index (κ1) is 11.6. The number of rotatable bonds is 6. The van der Waals surface area contributed by atoms with Crippen molar-refractivity contribution in [1.29, 1.82) is 0 Å². The van der Waals surface area contributed by atoms with Gasteiger partial charge in [-0.1, -0.05) is 0 Å². The monoisotopic (exact) mass is 214 g/mol. The minimum absolute atomic E-state index is 0.225. The lowest BCUT2D eigenvalue weighted by Gasteiger charge is -2.12. The smallest absolute Gasteiger partial charge is 0.0538 e. The molecule has 0 spiro atoms. The zero-order valence-electron chi connectivity index (χ0n) is 8.73. The quantitative estimate of drug-likeness (QED) is 0.551. The third-order valence-electron chi connectivity index (χ3n) is 2.19. The molecule has 4 nitrogen and oxygen atoms in total. The van der Waals surface area contributed by atoms with Crippen molar-refractivity contribution in [3.8, 4) is 0 Å². The maximum absolute atomic E-state index is 5.50. The van der Waals surface area contributed by atoms with Crippen LogP contribution in [0.25, 0.3) is 0 Å². The molecule has 1 aromatic heterocycles. The highest BCUT2D eigenvalue weighted by Gasteiger charge is 2.10. The molecule has 0 fully saturated rings. The van der Waals surface area contributed by atoms with E-state index in [2.05, 4.69) is 23.7 Å². The predicted molar refractivity (Wildman–Crippen MR) is 61.0 cm³/mol. The fraction of sp³-hybridized carbons (Fsp3) is 0.667. The van der Waals surface area contributed by atoms with E-state index in [1.54, 1.807) is 0 Å². The molecule has 80 valence electrons. The summed E-state index contributed by atoms with van der Waals surface area (Å²) < 4.78 is 1.92. The summed E-state index contributed by atoms with van der Waals surface area (Å²) in [5, 5.41) is 4.23. The van der Waals surface area contributed by atoms with Gasteiger partial charge in [-0.2, -0.15) is 16.9 Å². The third-order valence-corrected chi connectivity index (χ3v) is 2.84. The Hall–Kier alpha value is -0.520. The lowest BCUT2D eigenvalue weighted by Crippen LogP contribution is -2.28. The molecule has 1 rings (SSSR count). The van der Waals surface area contributed by atoms with Crippen molar-refractivity contribution in [3.63, 3.8) is 0 Å². The van der Waals surface area contributed by atoms with Gasteiger partial charge in [0.15, 0.2) is 0 Å². The second kappa shape index (κ2) is 6.06. The summed E-state index contributed by atoms with van der Waals surface area (Å²) in [6.07, 6.45) is 7.06. The standard InChI is InChI=1S/C9H18N4S/c1-3-13-7-8(6-11-13)9(12-10)4-5-14-2/h6-7,9,12H,3-5,10H2,1-2H3. The molecule has 3 N–H and O–H groups in total. The van der Waals surface area contributed by atoms with Gasteiger partial charge in [0.2, 0.25) is 0 Å². The number of hydrogen-bond donors (Lipinski definition) is 2. The Kier molecular flexibility index (Phi) is 5.00. The maximum atomic E-state index is 5.50. The molecule has 5 heteroatoms. The molecule has 1 heterocycles. The molecule has 0 aliphatic rings. The minimum atomic E-state index is 0.225. The van der Waals surface area contributed by atoms with E-state index in [1.165, 1.54) is 5.56 Å². The first-order chi connectivity index (χ1) is 6.81. The molecule has 0 radical (unpaired) electrons. The van der Waals surface area contributed by atoms with Crippen LogP contribution in [0.4, 0.5) is 0 Å². The van der Waals surface area contributed by atoms with Crippen LogP contribution in [0.1, 0.15) is 24.9 Å². The summed E-state index contributed by atoms with van der Waals surface area (Å²) in [6.45, 7) is 2.98. The van der Waals surface area contributed by atoms with Gasteiger partial charge >= 0.3 is 0 Å². The molecule has 1 aromatic rings. The van der Waals surface area contributed by atoms with E-state index in [9.17, 15) is 0 Å². The fourth-order valence-corrected chi connectivity index (χ4v) is 1.79. The maximum Gasteiger partial charge on any atom is 0.0538 e. The zero-order chi connectivity index (χ0) is 10.4. The number of aryl methyl sites for hydroxylation is 1. The topological polar surface area (TPSA) is 55.9 Å². The average molecular weight is 214 g/mol. The van der Waals surface area contributed by atoms with Crippen molar-refractivity contribution in [2.45, 2.75) is 25.9 Å². The van der Waals surface area contributed by atoms with Crippen LogP contribution in [-0.2, 0) is 6.54 Å². The molecule has 1 atom stereocenters. The summed E-state index contributed by atoms with van der Waals surface area (Å²) in [6, 6.07) is 0.225. The number of hydrazine groups is 1. The van der Waals surface area contributed by atoms with E-state index in [1.807, 2.05) is 28.8 Å². The molecule has 14 heavy (non-hydrogen) atoms. The van der Waals surface area contributed by atoms with E-state index < -0.39 is 0 Å². The summed E-state index contributed by atoms with van der Waals surface area (Å²) >= 11 is 1.83. The van der Waals surface area contributed by atoms with E-state index in [0.717, 1.165) is 18.7 Å². The Morgan fingerprint density at radius 1 is 1.71 bits per heavy atom. The SMILES string of the molecule is CCn1cc(C(CCSC)NN)cn1. The van der Waals surface area contributed by atoms with Crippen molar-refractivity contribution in [1.82, 2.24) is 15.2 Å². The van der Waals surface area contributed by atoms with Crippen LogP contribution >= 0.6 is 11.8 Å². The van der Waals surface area contributed by atoms with Crippen LogP contribution in [0.5, 0.6) is 0 Å². The lowest BCUT2D eigenvalue weighted by atomic mass is 10.1. The Balaban J connectivity index is 2.58. The van der Waals surface area contributed by atoms with Gasteiger partial charge in [-0.05, 0) is 25.4 Å². The molecular formula is C9H18N4S. The molecule has 0 aliphatic carbocycles. The van der Waals surface area contributed by atoms with Gasteiger partial charge < -0.3 is 0 Å². The number of nitrogens with two attached hydrogens (primary N) is 1. The number of aromatic nitrogens is 2. The third kappa shape index (κ3) is 3.01. The van der Waals surface area contributed by atoms with Crippen LogP contribution < -0.4 is 11.3 Å². The van der Waals surface area contributed by atoms with Crippen LogP contribution in [0.15, 0.2) is 12.4 Å². The van der Waals surface area contributed by atoms with Crippen LogP contribution in [-0.4, -0.2) is 21.8 Å². The van der Waals surface area contributed by atoms with E-state index in [-0.39, 0.29) is 6.04 Å². The average Bonchev–Trinajstić information content (AvgIpc) is 2.68. The predicted octanol–water partition coefficient (Wildman–Crippen LogP) is 1.16. The molecule has 0 bridgehead atoms. The van der Waals surface area contributed by atoms with Crippen molar-refractivity contribution in [2.75, 3.05) is 12.0 Å². The zero-order valence-corrected chi connectivity index (χ0v) is 9.55. The summed E-state index contributed by atoms with van der Waals surface area (Å²) in [7, 11) is 0. The normalized spacial score (nSPS) is 13.1. The van der Waals surface area contributed by atoms with Crippen LogP contribution in [0.3, 0.4) is 0 Å². The van der Waals surface area contributed by atoms with Crippen molar-refractivity contribution < 1.29 is 0 Å². The fourth-order valence-electron chi connectivity index (χ4n) is 1.31. The highest BCUT2D eigenvalue weighted by atomic mass is 32.2. The number of thioether (sulfide) groups is 1. The molecule has 0 aromatic carbocycles. The molecule has 0 amide bonds. The molecule has 0 saturated carbocycles. The number of hydrogen-bond acceptors (Lipinski definition) is 4. The second-order valence-corrected chi connectivity index (χ2v) is 4.12. The molecule has 0 saturated heterocycles. The highest BCUT2D eigenvalue weighted by Crippen LogP contribution is 2.16. The first-order valence-corrected chi connectivity index (χ1v) is 6.18. The molecule has 0 aliphatic heterocycles. The Labute approximate surface area is 89.2 Å². The number of nitrogens with zero attached hydrogens (tertiary/aromatic N) is 2. The van der Waals surface area contributed by atoms with Gasteiger partial charge in [0, 0.05) is 24.3 Å². The van der Waals surface area contributed by atoms with Gasteiger partial charge in [-0.15, -0.1) is 0 Å². The number of nitrogens with one attached hydrogen (secondary N) is 1. The summed E-state index contributed by atoms with van der Waals surface area (Å²) in [5.41, 5.74) is 3.99. The minimum Gasteiger partial charge on any atom is -0.273 e. The van der Waals surface area contributed by atoms with Crippen molar-refractivity contribution in [2.24, 2.45) is 5.84 Å². The van der Waals surface area contributed by atoms with Crippen LogP contribution in [0.2, 0.25) is 0 Å². The second-order valence-electron chi connectivity index (χ2n) is 3.13. The first-order valence-electron chi connectivity index (χ1n) is 4.79. The Morgan fingerprint density at radius 2 is 2.50 bits per heavy atom. The van der Waals surface area contributed by atoms with Crippen molar-refractivity contribution in [3.05, 3.63) is 18.0 Å². The Morgan fingerprint density at radius 3 is 3.00 bits per heavy atom. The van der Waals surface area contributed by atoms with E-state index in [4.69, 9.17) is 5.84 Å². The molecule has 1 unspecified atom stereocenters. The van der Waals surface area contributed by atoms with Crippen molar-refractivity contribution >= 4 is 11.8 Å². The highest BCUT2D eigenvalue weighted by molar-refractivity contribution is 7.98. The van der Waals surface area contributed by atoms with Gasteiger partial charge in [0.25, 0.3) is 0 Å². The van der Waals surface area contributed by atoms with E-state index >= 15 is 0 Å². The van der Waals surface area contributed by atoms with Gasteiger partial charge in [0.1, 0.15) is 0 Å². The largest absolute Gasteiger partial charge is 0.273 e. The summed E-state index contributed by atoms with van der Waals surface area (Å²) in [4.78, 5) is 0. The molecular weight excluding hydrogens is 196 g/mol.